The average molecular weight is 362 g/mol. The highest BCUT2D eigenvalue weighted by molar-refractivity contribution is 7.89. The number of aromatic nitrogens is 1. The molecule has 2 N–H and O–H groups in total. The molecule has 130 valence electrons. The van der Waals surface area contributed by atoms with Crippen molar-refractivity contribution in [2.45, 2.75) is 10.9 Å². The van der Waals surface area contributed by atoms with E-state index < -0.39 is 16.1 Å². The predicted molar refractivity (Wildman–Crippen MR) is 103 cm³/mol. The highest BCUT2D eigenvalue weighted by Gasteiger charge is 2.24. The molecule has 0 bridgehead atoms. The summed E-state index contributed by atoms with van der Waals surface area (Å²) >= 11 is 0. The molecule has 5 heteroatoms. The van der Waals surface area contributed by atoms with Gasteiger partial charge < -0.3 is 4.98 Å². The molecule has 1 atom stereocenters. The van der Waals surface area contributed by atoms with Crippen molar-refractivity contribution in [2.75, 3.05) is 0 Å². The summed E-state index contributed by atoms with van der Waals surface area (Å²) in [5, 5.41) is 0.997. The lowest BCUT2D eigenvalue weighted by Gasteiger charge is -2.19. The van der Waals surface area contributed by atoms with Gasteiger partial charge in [-0.25, -0.2) is 8.42 Å². The summed E-state index contributed by atoms with van der Waals surface area (Å²) in [7, 11) is -3.67. The highest BCUT2D eigenvalue weighted by Crippen LogP contribution is 2.30. The third-order valence-electron chi connectivity index (χ3n) is 4.39. The summed E-state index contributed by atoms with van der Waals surface area (Å²) in [6, 6.07) is 25.4. The van der Waals surface area contributed by atoms with Gasteiger partial charge in [-0.2, -0.15) is 4.72 Å². The van der Waals surface area contributed by atoms with Crippen LogP contribution in [-0.2, 0) is 10.0 Å². The van der Waals surface area contributed by atoms with Crippen LogP contribution in [0.25, 0.3) is 10.9 Å². The normalized spacial score (nSPS) is 12.9. The van der Waals surface area contributed by atoms with Crippen LogP contribution in [0.1, 0.15) is 17.2 Å². The zero-order valence-corrected chi connectivity index (χ0v) is 14.8. The van der Waals surface area contributed by atoms with E-state index in [2.05, 4.69) is 9.71 Å². The molecule has 1 aromatic heterocycles. The van der Waals surface area contributed by atoms with Crippen LogP contribution in [-0.4, -0.2) is 13.4 Å². The maximum Gasteiger partial charge on any atom is 0.241 e. The zero-order chi connectivity index (χ0) is 18.0. The van der Waals surface area contributed by atoms with Gasteiger partial charge in [0.15, 0.2) is 0 Å². The van der Waals surface area contributed by atoms with Crippen molar-refractivity contribution >= 4 is 20.9 Å². The van der Waals surface area contributed by atoms with Crippen LogP contribution in [0.4, 0.5) is 0 Å². The number of hydrogen-bond acceptors (Lipinski definition) is 2. The fourth-order valence-corrected chi connectivity index (χ4v) is 4.34. The molecule has 0 saturated heterocycles. The first kappa shape index (κ1) is 16.6. The number of para-hydroxylation sites is 1. The van der Waals surface area contributed by atoms with Crippen LogP contribution < -0.4 is 4.72 Å². The Morgan fingerprint density at radius 2 is 1.38 bits per heavy atom. The lowest BCUT2D eigenvalue weighted by molar-refractivity contribution is 0.572. The molecule has 4 rings (SSSR count). The number of aromatic amines is 1. The fourth-order valence-electron chi connectivity index (χ4n) is 3.11. The number of benzene rings is 3. The molecule has 26 heavy (non-hydrogen) atoms. The Hall–Kier alpha value is -2.89. The second-order valence-electron chi connectivity index (χ2n) is 6.07. The summed E-state index contributed by atoms with van der Waals surface area (Å²) in [6.07, 6.45) is 1.87. The number of H-pyrrole nitrogens is 1. The van der Waals surface area contributed by atoms with E-state index in [0.717, 1.165) is 22.0 Å². The third-order valence-corrected chi connectivity index (χ3v) is 5.83. The van der Waals surface area contributed by atoms with Gasteiger partial charge in [-0.3, -0.25) is 0 Å². The van der Waals surface area contributed by atoms with Crippen molar-refractivity contribution in [1.82, 2.24) is 9.71 Å². The molecule has 0 spiro atoms. The van der Waals surface area contributed by atoms with Gasteiger partial charge in [-0.15, -0.1) is 0 Å². The van der Waals surface area contributed by atoms with Crippen LogP contribution in [0.2, 0.25) is 0 Å². The number of sulfonamides is 1. The minimum Gasteiger partial charge on any atom is -0.361 e. The van der Waals surface area contributed by atoms with Crippen molar-refractivity contribution in [3.05, 3.63) is 102 Å². The first-order valence-electron chi connectivity index (χ1n) is 8.33. The van der Waals surface area contributed by atoms with Crippen molar-refractivity contribution in [3.63, 3.8) is 0 Å². The van der Waals surface area contributed by atoms with Gasteiger partial charge >= 0.3 is 0 Å². The number of hydrogen-bond donors (Lipinski definition) is 2. The molecule has 0 saturated carbocycles. The summed E-state index contributed by atoms with van der Waals surface area (Å²) in [5.41, 5.74) is 2.76. The lowest BCUT2D eigenvalue weighted by Crippen LogP contribution is -2.29. The second-order valence-corrected chi connectivity index (χ2v) is 7.78. The van der Waals surface area contributed by atoms with E-state index in [1.54, 1.807) is 30.3 Å². The van der Waals surface area contributed by atoms with Crippen LogP contribution in [0.5, 0.6) is 0 Å². The number of nitrogens with one attached hydrogen (secondary N) is 2. The van der Waals surface area contributed by atoms with E-state index in [0.29, 0.717) is 0 Å². The van der Waals surface area contributed by atoms with E-state index >= 15 is 0 Å². The molecule has 0 unspecified atom stereocenters. The van der Waals surface area contributed by atoms with Crippen LogP contribution in [0.3, 0.4) is 0 Å². The van der Waals surface area contributed by atoms with Gasteiger partial charge in [0.25, 0.3) is 0 Å². The molecule has 4 aromatic rings. The molecule has 0 radical (unpaired) electrons. The highest BCUT2D eigenvalue weighted by atomic mass is 32.2. The SMILES string of the molecule is O=S(=O)(N[C@H](c1ccccc1)c1c[nH]c2ccccc12)c1ccccc1. The Labute approximate surface area is 152 Å². The van der Waals surface area contributed by atoms with Crippen LogP contribution >= 0.6 is 0 Å². The van der Waals surface area contributed by atoms with Crippen molar-refractivity contribution < 1.29 is 8.42 Å². The Morgan fingerprint density at radius 1 is 0.769 bits per heavy atom. The molecule has 3 aromatic carbocycles. The van der Waals surface area contributed by atoms with Crippen LogP contribution in [0, 0.1) is 0 Å². The largest absolute Gasteiger partial charge is 0.361 e. The fraction of sp³-hybridized carbons (Fsp3) is 0.0476. The quantitative estimate of drug-likeness (QED) is 0.558. The summed E-state index contributed by atoms with van der Waals surface area (Å²) in [5.74, 6) is 0. The number of fused-ring (bicyclic) bond motifs is 1. The lowest BCUT2D eigenvalue weighted by atomic mass is 9.99. The van der Waals surface area contributed by atoms with Gasteiger partial charge in [0, 0.05) is 17.1 Å². The molecule has 0 aliphatic rings. The number of rotatable bonds is 5. The Balaban J connectivity index is 1.82. The van der Waals surface area contributed by atoms with Crippen molar-refractivity contribution in [3.8, 4) is 0 Å². The summed E-state index contributed by atoms with van der Waals surface area (Å²) < 4.78 is 28.7. The third kappa shape index (κ3) is 3.14. The van der Waals surface area contributed by atoms with E-state index in [-0.39, 0.29) is 4.90 Å². The Bertz CT molecular complexity index is 1120. The van der Waals surface area contributed by atoms with Crippen molar-refractivity contribution in [1.29, 1.82) is 0 Å². The van der Waals surface area contributed by atoms with E-state index in [4.69, 9.17) is 0 Å². The molecule has 0 aliphatic heterocycles. The first-order chi connectivity index (χ1) is 12.6. The zero-order valence-electron chi connectivity index (χ0n) is 14.0. The van der Waals surface area contributed by atoms with Gasteiger partial charge in [0.2, 0.25) is 10.0 Å². The standard InChI is InChI=1S/C21H18N2O2S/c24-26(25,17-11-5-2-6-12-17)23-21(16-9-3-1-4-10-16)19-15-22-20-14-8-7-13-18(19)20/h1-15,21-23H/t21-/m1/s1. The van der Waals surface area contributed by atoms with Gasteiger partial charge in [-0.1, -0.05) is 66.7 Å². The maximum absolute atomic E-state index is 12.9. The maximum atomic E-state index is 12.9. The molecular weight excluding hydrogens is 344 g/mol. The minimum atomic E-state index is -3.67. The molecule has 0 amide bonds. The molecular formula is C21H18N2O2S. The summed E-state index contributed by atoms with van der Waals surface area (Å²) in [4.78, 5) is 3.48. The van der Waals surface area contributed by atoms with Gasteiger partial charge in [0.05, 0.1) is 10.9 Å². The summed E-state index contributed by atoms with van der Waals surface area (Å²) in [6.45, 7) is 0. The Morgan fingerprint density at radius 3 is 2.12 bits per heavy atom. The average Bonchev–Trinajstić information content (AvgIpc) is 3.11. The smallest absolute Gasteiger partial charge is 0.241 e. The molecule has 0 aliphatic carbocycles. The topological polar surface area (TPSA) is 62.0 Å². The molecule has 4 nitrogen and oxygen atoms in total. The molecule has 1 heterocycles. The Kier molecular flexibility index (Phi) is 4.32. The first-order valence-corrected chi connectivity index (χ1v) is 9.82. The van der Waals surface area contributed by atoms with Crippen molar-refractivity contribution in [2.24, 2.45) is 0 Å². The predicted octanol–water partition coefficient (Wildman–Crippen LogP) is 4.24. The van der Waals surface area contributed by atoms with Crippen LogP contribution in [0.15, 0.2) is 96.0 Å². The molecule has 0 fully saturated rings. The minimum absolute atomic E-state index is 0.251. The van der Waals surface area contributed by atoms with Gasteiger partial charge in [0.1, 0.15) is 0 Å². The second kappa shape index (κ2) is 6.78. The van der Waals surface area contributed by atoms with E-state index in [1.807, 2.05) is 60.8 Å². The monoisotopic (exact) mass is 362 g/mol. The van der Waals surface area contributed by atoms with Gasteiger partial charge in [-0.05, 0) is 29.3 Å². The van der Waals surface area contributed by atoms with E-state index in [9.17, 15) is 8.42 Å². The van der Waals surface area contributed by atoms with E-state index in [1.165, 1.54) is 0 Å².